The molecule has 0 unspecified atom stereocenters. The largest absolute Gasteiger partial charge is 0.383 e. The highest BCUT2D eigenvalue weighted by molar-refractivity contribution is 5.97. The van der Waals surface area contributed by atoms with Crippen molar-refractivity contribution in [2.75, 3.05) is 49.9 Å². The van der Waals surface area contributed by atoms with Gasteiger partial charge in [0.2, 0.25) is 0 Å². The van der Waals surface area contributed by atoms with Crippen LogP contribution in [-0.4, -0.2) is 61.5 Å². The number of alkyl halides is 2. The highest BCUT2D eigenvalue weighted by Crippen LogP contribution is 2.32. The SMILES string of the molecule is Nc1ncc(-c2ccc(N3CCN(CC(F)F)CC3)cc2)cc1-c1ccc2c(c1)CCNC2=O. The topological polar surface area (TPSA) is 74.5 Å². The number of nitrogens with one attached hydrogen (secondary N) is 1. The van der Waals surface area contributed by atoms with Crippen LogP contribution in [0.15, 0.2) is 54.7 Å². The van der Waals surface area contributed by atoms with E-state index in [0.717, 1.165) is 53.0 Å². The van der Waals surface area contributed by atoms with Gasteiger partial charge in [0.1, 0.15) is 5.82 Å². The molecule has 0 aliphatic carbocycles. The number of rotatable bonds is 5. The molecule has 1 aromatic heterocycles. The molecule has 2 aliphatic heterocycles. The summed E-state index contributed by atoms with van der Waals surface area (Å²) in [6.45, 7) is 3.22. The third-order valence-corrected chi connectivity index (χ3v) is 6.59. The van der Waals surface area contributed by atoms with E-state index in [2.05, 4.69) is 39.5 Å². The average molecular weight is 464 g/mol. The number of fused-ring (bicyclic) bond motifs is 1. The first-order valence-corrected chi connectivity index (χ1v) is 11.5. The van der Waals surface area contributed by atoms with Gasteiger partial charge in [-0.1, -0.05) is 24.3 Å². The Morgan fingerprint density at radius 2 is 1.68 bits per heavy atom. The molecule has 6 nitrogen and oxygen atoms in total. The van der Waals surface area contributed by atoms with Gasteiger partial charge in [0.25, 0.3) is 12.3 Å². The summed E-state index contributed by atoms with van der Waals surface area (Å²) in [4.78, 5) is 20.5. The monoisotopic (exact) mass is 463 g/mol. The van der Waals surface area contributed by atoms with Gasteiger partial charge in [0.05, 0.1) is 6.54 Å². The van der Waals surface area contributed by atoms with Gasteiger partial charge in [0, 0.05) is 61.3 Å². The second-order valence-corrected chi connectivity index (χ2v) is 8.76. The number of hydrogen-bond acceptors (Lipinski definition) is 5. The third-order valence-electron chi connectivity index (χ3n) is 6.59. The minimum atomic E-state index is -2.29. The maximum atomic E-state index is 12.6. The van der Waals surface area contributed by atoms with Crippen LogP contribution >= 0.6 is 0 Å². The molecule has 5 rings (SSSR count). The molecule has 0 atom stereocenters. The van der Waals surface area contributed by atoms with E-state index in [1.54, 1.807) is 6.20 Å². The number of nitrogen functional groups attached to an aromatic ring is 1. The molecule has 176 valence electrons. The lowest BCUT2D eigenvalue weighted by Gasteiger charge is -2.36. The van der Waals surface area contributed by atoms with Crippen LogP contribution in [0.1, 0.15) is 15.9 Å². The molecular formula is C26H27F2N5O. The Morgan fingerprint density at radius 3 is 2.41 bits per heavy atom. The summed E-state index contributed by atoms with van der Waals surface area (Å²) in [7, 11) is 0. The van der Waals surface area contributed by atoms with Gasteiger partial charge < -0.3 is 16.0 Å². The van der Waals surface area contributed by atoms with Gasteiger partial charge in [-0.05, 0) is 47.4 Å². The van der Waals surface area contributed by atoms with Gasteiger partial charge in [-0.2, -0.15) is 0 Å². The lowest BCUT2D eigenvalue weighted by molar-refractivity contribution is 0.0854. The fraction of sp³-hybridized carbons (Fsp3) is 0.308. The number of aromatic nitrogens is 1. The first kappa shape index (κ1) is 22.3. The molecule has 8 heteroatoms. The van der Waals surface area contributed by atoms with Crippen molar-refractivity contribution >= 4 is 17.4 Å². The average Bonchev–Trinajstić information content (AvgIpc) is 2.85. The second-order valence-electron chi connectivity index (χ2n) is 8.76. The van der Waals surface area contributed by atoms with Crippen molar-refractivity contribution in [2.45, 2.75) is 12.8 Å². The first-order valence-electron chi connectivity index (χ1n) is 11.5. The molecule has 2 aromatic carbocycles. The number of nitrogens with zero attached hydrogens (tertiary/aromatic N) is 3. The molecule has 1 fully saturated rings. The van der Waals surface area contributed by atoms with Crippen LogP contribution in [0.5, 0.6) is 0 Å². The standard InChI is InChI=1S/C26H27F2N5O/c27-24(28)16-32-9-11-33(12-10-32)21-4-1-17(2-5-21)20-14-23(25(29)31-15-20)18-3-6-22-19(13-18)7-8-30-26(22)34/h1-6,13-15,24H,7-12,16H2,(H2,29,31)(H,30,34). The minimum Gasteiger partial charge on any atom is -0.383 e. The molecule has 0 bridgehead atoms. The van der Waals surface area contributed by atoms with E-state index >= 15 is 0 Å². The van der Waals surface area contributed by atoms with E-state index in [0.29, 0.717) is 31.0 Å². The number of carbonyl (C=O) groups is 1. The van der Waals surface area contributed by atoms with E-state index in [-0.39, 0.29) is 12.5 Å². The smallest absolute Gasteiger partial charge is 0.251 e. The molecule has 34 heavy (non-hydrogen) atoms. The predicted molar refractivity (Wildman–Crippen MR) is 130 cm³/mol. The van der Waals surface area contributed by atoms with E-state index in [1.807, 2.05) is 29.2 Å². The zero-order chi connectivity index (χ0) is 23.7. The van der Waals surface area contributed by atoms with Gasteiger partial charge in [-0.25, -0.2) is 13.8 Å². The number of carbonyl (C=O) groups excluding carboxylic acids is 1. The number of halogens is 2. The maximum absolute atomic E-state index is 12.6. The molecule has 0 radical (unpaired) electrons. The van der Waals surface area contributed by atoms with Crippen molar-refractivity contribution in [1.82, 2.24) is 15.2 Å². The molecular weight excluding hydrogens is 436 g/mol. The van der Waals surface area contributed by atoms with E-state index in [9.17, 15) is 13.6 Å². The van der Waals surface area contributed by atoms with Gasteiger partial charge >= 0.3 is 0 Å². The fourth-order valence-corrected chi connectivity index (χ4v) is 4.71. The molecule has 0 saturated carbocycles. The Morgan fingerprint density at radius 1 is 0.941 bits per heavy atom. The molecule has 3 heterocycles. The summed E-state index contributed by atoms with van der Waals surface area (Å²) in [6, 6.07) is 16.0. The second kappa shape index (κ2) is 9.38. The zero-order valence-electron chi connectivity index (χ0n) is 18.8. The zero-order valence-corrected chi connectivity index (χ0v) is 18.8. The summed E-state index contributed by atoms with van der Waals surface area (Å²) < 4.78 is 25.2. The number of benzene rings is 2. The van der Waals surface area contributed by atoms with E-state index in [1.165, 1.54) is 0 Å². The van der Waals surface area contributed by atoms with Crippen molar-refractivity contribution in [3.05, 3.63) is 65.9 Å². The summed E-state index contributed by atoms with van der Waals surface area (Å²) in [5, 5.41) is 2.87. The van der Waals surface area contributed by atoms with Crippen LogP contribution in [-0.2, 0) is 6.42 Å². The highest BCUT2D eigenvalue weighted by Gasteiger charge is 2.20. The van der Waals surface area contributed by atoms with Crippen molar-refractivity contribution in [3.8, 4) is 22.3 Å². The Bertz CT molecular complexity index is 1190. The fourth-order valence-electron chi connectivity index (χ4n) is 4.71. The van der Waals surface area contributed by atoms with Crippen LogP contribution in [0.2, 0.25) is 0 Å². The molecule has 1 saturated heterocycles. The molecule has 3 aromatic rings. The summed E-state index contributed by atoms with van der Waals surface area (Å²) in [5.41, 5.74) is 12.8. The number of anilines is 2. The van der Waals surface area contributed by atoms with Crippen LogP contribution in [0, 0.1) is 0 Å². The van der Waals surface area contributed by atoms with E-state index in [4.69, 9.17) is 5.73 Å². The molecule has 2 aliphatic rings. The number of nitrogens with two attached hydrogens (primary N) is 1. The van der Waals surface area contributed by atoms with Crippen LogP contribution in [0.25, 0.3) is 22.3 Å². The van der Waals surface area contributed by atoms with E-state index < -0.39 is 6.43 Å². The maximum Gasteiger partial charge on any atom is 0.251 e. The number of pyridine rings is 1. The van der Waals surface area contributed by atoms with Gasteiger partial charge in [-0.15, -0.1) is 0 Å². The number of hydrogen-bond donors (Lipinski definition) is 2. The van der Waals surface area contributed by atoms with Gasteiger partial charge in [0.15, 0.2) is 0 Å². The van der Waals surface area contributed by atoms with Crippen LogP contribution < -0.4 is 16.0 Å². The third kappa shape index (κ3) is 4.59. The summed E-state index contributed by atoms with van der Waals surface area (Å²) in [5.74, 6) is 0.408. The number of piperazine rings is 1. The van der Waals surface area contributed by atoms with Crippen molar-refractivity contribution < 1.29 is 13.6 Å². The number of amides is 1. The predicted octanol–water partition coefficient (Wildman–Crippen LogP) is 3.67. The minimum absolute atomic E-state index is 0.0387. The molecule has 3 N–H and O–H groups in total. The first-order chi connectivity index (χ1) is 16.5. The Balaban J connectivity index is 1.34. The van der Waals surface area contributed by atoms with Crippen LogP contribution in [0.3, 0.4) is 0 Å². The van der Waals surface area contributed by atoms with Crippen molar-refractivity contribution in [1.29, 1.82) is 0 Å². The highest BCUT2D eigenvalue weighted by atomic mass is 19.3. The summed E-state index contributed by atoms with van der Waals surface area (Å²) >= 11 is 0. The lowest BCUT2D eigenvalue weighted by Crippen LogP contribution is -2.47. The van der Waals surface area contributed by atoms with Crippen LogP contribution in [0.4, 0.5) is 20.3 Å². The van der Waals surface area contributed by atoms with Crippen molar-refractivity contribution in [3.63, 3.8) is 0 Å². The Hall–Kier alpha value is -3.52. The van der Waals surface area contributed by atoms with Crippen molar-refractivity contribution in [2.24, 2.45) is 0 Å². The summed E-state index contributed by atoms with van der Waals surface area (Å²) in [6.07, 6.45) is 0.271. The normalized spacial score (nSPS) is 16.4. The lowest BCUT2D eigenvalue weighted by atomic mass is 9.94. The Labute approximate surface area is 197 Å². The quantitative estimate of drug-likeness (QED) is 0.604. The molecule has 0 spiro atoms. The molecule has 1 amide bonds. The van der Waals surface area contributed by atoms with Gasteiger partial charge in [-0.3, -0.25) is 9.69 Å². The Kier molecular flexibility index (Phi) is 6.15.